The lowest BCUT2D eigenvalue weighted by Crippen LogP contribution is -2.46. The van der Waals surface area contributed by atoms with E-state index in [1.54, 1.807) is 11.8 Å². The number of hydrogen-bond donors (Lipinski definition) is 1. The van der Waals surface area contributed by atoms with Crippen LogP contribution < -0.4 is 5.32 Å². The highest BCUT2D eigenvalue weighted by atomic mass is 35.5. The SMILES string of the molecule is CCN1C(=O)c2ccc(C(=O)N3CCNCC3)cc2S1(=O)=O.Cl. The standard InChI is InChI=1S/C14H17N3O4S.ClH/c1-2-17-14(19)11-4-3-10(9-12(11)22(17,20)21)13(18)16-7-5-15-6-8-16;/h3-4,9,15H,2,5-8H2,1H3;1H. The van der Waals surface area contributed by atoms with E-state index in [1.807, 2.05) is 0 Å². The summed E-state index contributed by atoms with van der Waals surface area (Å²) >= 11 is 0. The molecule has 1 aromatic carbocycles. The summed E-state index contributed by atoms with van der Waals surface area (Å²) in [6.45, 7) is 4.30. The van der Waals surface area contributed by atoms with Crippen LogP contribution in [0.3, 0.4) is 0 Å². The van der Waals surface area contributed by atoms with Crippen LogP contribution in [-0.4, -0.2) is 62.2 Å². The molecule has 9 heteroatoms. The molecule has 0 atom stereocenters. The van der Waals surface area contributed by atoms with Crippen LogP contribution in [0.1, 0.15) is 27.6 Å². The summed E-state index contributed by atoms with van der Waals surface area (Å²) in [6.07, 6.45) is 0. The van der Waals surface area contributed by atoms with Gasteiger partial charge in [0.25, 0.3) is 21.8 Å². The summed E-state index contributed by atoms with van der Waals surface area (Å²) in [4.78, 5) is 26.1. The number of sulfonamides is 1. The molecule has 1 aromatic rings. The maximum Gasteiger partial charge on any atom is 0.268 e. The number of nitrogens with one attached hydrogen (secondary N) is 1. The summed E-state index contributed by atoms with van der Waals surface area (Å²) in [5.41, 5.74) is 0.439. The minimum Gasteiger partial charge on any atom is -0.336 e. The van der Waals surface area contributed by atoms with Crippen LogP contribution in [0.5, 0.6) is 0 Å². The summed E-state index contributed by atoms with van der Waals surface area (Å²) in [7, 11) is -3.83. The van der Waals surface area contributed by atoms with Crippen LogP contribution >= 0.6 is 12.4 Å². The van der Waals surface area contributed by atoms with Gasteiger partial charge >= 0.3 is 0 Å². The molecule has 2 aliphatic rings. The third kappa shape index (κ3) is 2.82. The Morgan fingerprint density at radius 1 is 1.26 bits per heavy atom. The molecule has 1 N–H and O–H groups in total. The zero-order chi connectivity index (χ0) is 15.9. The Balaban J connectivity index is 0.00000192. The number of carbonyl (C=O) groups excluding carboxylic acids is 2. The van der Waals surface area contributed by atoms with Crippen molar-refractivity contribution in [3.63, 3.8) is 0 Å². The second-order valence-electron chi connectivity index (χ2n) is 5.23. The Bertz CT molecular complexity index is 744. The molecule has 0 unspecified atom stereocenters. The Kier molecular flexibility index (Phi) is 4.98. The second-order valence-corrected chi connectivity index (χ2v) is 7.06. The number of fused-ring (bicyclic) bond motifs is 1. The Morgan fingerprint density at radius 3 is 2.52 bits per heavy atom. The lowest BCUT2D eigenvalue weighted by molar-refractivity contribution is 0.0734. The van der Waals surface area contributed by atoms with Crippen molar-refractivity contribution < 1.29 is 18.0 Å². The first-order valence-electron chi connectivity index (χ1n) is 7.18. The number of benzene rings is 1. The van der Waals surface area contributed by atoms with Gasteiger partial charge in [-0.05, 0) is 25.1 Å². The molecular formula is C14H18ClN3O4S. The van der Waals surface area contributed by atoms with Gasteiger partial charge in [0, 0.05) is 38.3 Å². The van der Waals surface area contributed by atoms with Gasteiger partial charge in [-0.2, -0.15) is 0 Å². The molecule has 0 radical (unpaired) electrons. The fourth-order valence-electron chi connectivity index (χ4n) is 2.77. The van der Waals surface area contributed by atoms with Crippen molar-refractivity contribution in [2.45, 2.75) is 11.8 Å². The van der Waals surface area contributed by atoms with Crippen molar-refractivity contribution in [2.75, 3.05) is 32.7 Å². The largest absolute Gasteiger partial charge is 0.336 e. The van der Waals surface area contributed by atoms with E-state index >= 15 is 0 Å². The van der Waals surface area contributed by atoms with Crippen LogP contribution in [0.4, 0.5) is 0 Å². The molecule has 0 saturated carbocycles. The van der Waals surface area contributed by atoms with Crippen LogP contribution in [0.2, 0.25) is 0 Å². The molecule has 126 valence electrons. The third-order valence-electron chi connectivity index (χ3n) is 3.94. The molecule has 2 aliphatic heterocycles. The maximum atomic E-state index is 12.4. The predicted molar refractivity (Wildman–Crippen MR) is 86.4 cm³/mol. The molecule has 0 spiro atoms. The molecule has 23 heavy (non-hydrogen) atoms. The van der Waals surface area contributed by atoms with Crippen molar-refractivity contribution >= 4 is 34.2 Å². The van der Waals surface area contributed by atoms with Gasteiger partial charge in [0.2, 0.25) is 0 Å². The summed E-state index contributed by atoms with van der Waals surface area (Å²) in [5.74, 6) is -0.736. The molecule has 1 fully saturated rings. The molecule has 0 aromatic heterocycles. The second kappa shape index (κ2) is 6.46. The maximum absolute atomic E-state index is 12.4. The minimum absolute atomic E-state index is 0. The third-order valence-corrected chi connectivity index (χ3v) is 5.84. The van der Waals surface area contributed by atoms with Crippen molar-refractivity contribution in [3.8, 4) is 0 Å². The van der Waals surface area contributed by atoms with E-state index in [0.717, 1.165) is 17.4 Å². The Labute approximate surface area is 141 Å². The molecule has 0 bridgehead atoms. The quantitative estimate of drug-likeness (QED) is 0.821. The smallest absolute Gasteiger partial charge is 0.268 e. The van der Waals surface area contributed by atoms with E-state index in [1.165, 1.54) is 18.2 Å². The predicted octanol–water partition coefficient (Wildman–Crippen LogP) is 0.318. The van der Waals surface area contributed by atoms with Gasteiger partial charge in [-0.15, -0.1) is 12.4 Å². The average molecular weight is 360 g/mol. The van der Waals surface area contributed by atoms with Gasteiger partial charge in [0.1, 0.15) is 4.90 Å². The number of rotatable bonds is 2. The molecule has 3 rings (SSSR count). The van der Waals surface area contributed by atoms with Crippen LogP contribution in [0, 0.1) is 0 Å². The highest BCUT2D eigenvalue weighted by Crippen LogP contribution is 2.31. The van der Waals surface area contributed by atoms with E-state index in [9.17, 15) is 18.0 Å². The van der Waals surface area contributed by atoms with Gasteiger partial charge in [0.05, 0.1) is 5.56 Å². The van der Waals surface area contributed by atoms with Crippen molar-refractivity contribution in [2.24, 2.45) is 0 Å². The van der Waals surface area contributed by atoms with Gasteiger partial charge < -0.3 is 10.2 Å². The normalized spacial score (nSPS) is 19.3. The van der Waals surface area contributed by atoms with Crippen LogP contribution in [-0.2, 0) is 10.0 Å². The summed E-state index contributed by atoms with van der Waals surface area (Å²) in [5, 5.41) is 3.15. The Hall–Kier alpha value is -1.64. The molecular weight excluding hydrogens is 342 g/mol. The fourth-order valence-corrected chi connectivity index (χ4v) is 4.37. The topological polar surface area (TPSA) is 86.8 Å². The molecule has 2 heterocycles. The number of hydrogen-bond acceptors (Lipinski definition) is 5. The van der Waals surface area contributed by atoms with Gasteiger partial charge in [-0.3, -0.25) is 9.59 Å². The number of amides is 2. The lowest BCUT2D eigenvalue weighted by atomic mass is 10.1. The number of carbonyl (C=O) groups is 2. The highest BCUT2D eigenvalue weighted by Gasteiger charge is 2.40. The minimum atomic E-state index is -3.83. The van der Waals surface area contributed by atoms with Gasteiger partial charge in [0.15, 0.2) is 0 Å². The lowest BCUT2D eigenvalue weighted by Gasteiger charge is -2.27. The van der Waals surface area contributed by atoms with Gasteiger partial charge in [-0.25, -0.2) is 12.7 Å². The van der Waals surface area contributed by atoms with Gasteiger partial charge in [-0.1, -0.05) is 0 Å². The van der Waals surface area contributed by atoms with E-state index in [-0.39, 0.29) is 35.3 Å². The zero-order valence-corrected chi connectivity index (χ0v) is 14.2. The van der Waals surface area contributed by atoms with E-state index in [0.29, 0.717) is 18.7 Å². The zero-order valence-electron chi connectivity index (χ0n) is 12.6. The molecule has 2 amide bonds. The number of halogens is 1. The van der Waals surface area contributed by atoms with E-state index in [4.69, 9.17) is 0 Å². The van der Waals surface area contributed by atoms with Crippen molar-refractivity contribution in [1.29, 1.82) is 0 Å². The average Bonchev–Trinajstić information content (AvgIpc) is 2.73. The van der Waals surface area contributed by atoms with Crippen LogP contribution in [0.25, 0.3) is 0 Å². The molecule has 7 nitrogen and oxygen atoms in total. The fraction of sp³-hybridized carbons (Fsp3) is 0.429. The first-order valence-corrected chi connectivity index (χ1v) is 8.62. The van der Waals surface area contributed by atoms with E-state index < -0.39 is 15.9 Å². The summed E-state index contributed by atoms with van der Waals surface area (Å²) in [6, 6.07) is 4.28. The first-order chi connectivity index (χ1) is 10.5. The van der Waals surface area contributed by atoms with E-state index in [2.05, 4.69) is 5.32 Å². The Morgan fingerprint density at radius 2 is 1.91 bits per heavy atom. The first kappa shape index (κ1) is 17.7. The molecule has 0 aliphatic carbocycles. The monoisotopic (exact) mass is 359 g/mol. The number of piperazine rings is 1. The summed E-state index contributed by atoms with van der Waals surface area (Å²) < 4.78 is 25.5. The van der Waals surface area contributed by atoms with Crippen molar-refractivity contribution in [1.82, 2.24) is 14.5 Å². The van der Waals surface area contributed by atoms with Crippen LogP contribution in [0.15, 0.2) is 23.1 Å². The van der Waals surface area contributed by atoms with Crippen molar-refractivity contribution in [3.05, 3.63) is 29.3 Å². The molecule has 1 saturated heterocycles. The highest BCUT2D eigenvalue weighted by molar-refractivity contribution is 7.90. The number of nitrogens with zero attached hydrogens (tertiary/aromatic N) is 2.